The van der Waals surface area contributed by atoms with Crippen LogP contribution in [0.4, 0.5) is 0 Å². The molecule has 0 bridgehead atoms. The molecule has 15 heavy (non-hydrogen) atoms. The van der Waals surface area contributed by atoms with Crippen molar-refractivity contribution in [3.05, 3.63) is 47.1 Å². The molecule has 2 heterocycles. The topological polar surface area (TPSA) is 26.0 Å². The number of furan rings is 1. The zero-order valence-corrected chi connectivity index (χ0v) is 9.81. The van der Waals surface area contributed by atoms with E-state index in [4.69, 9.17) is 16.0 Å². The van der Waals surface area contributed by atoms with Gasteiger partial charge in [0, 0.05) is 11.1 Å². The van der Waals surface area contributed by atoms with Crippen LogP contribution in [0.5, 0.6) is 0 Å². The summed E-state index contributed by atoms with van der Waals surface area (Å²) in [5, 5.41) is 0.524. The number of aryl methyl sites for hydroxylation is 1. The summed E-state index contributed by atoms with van der Waals surface area (Å²) < 4.78 is 5.35. The maximum absolute atomic E-state index is 5.79. The highest BCUT2D eigenvalue weighted by atomic mass is 35.5. The van der Waals surface area contributed by atoms with Crippen LogP contribution in [-0.2, 0) is 5.75 Å². The van der Waals surface area contributed by atoms with Gasteiger partial charge in [-0.25, -0.2) is 4.98 Å². The van der Waals surface area contributed by atoms with Gasteiger partial charge in [-0.1, -0.05) is 11.6 Å². The fourth-order valence-corrected chi connectivity index (χ4v) is 2.36. The Morgan fingerprint density at radius 3 is 3.00 bits per heavy atom. The van der Waals surface area contributed by atoms with Crippen LogP contribution in [0.3, 0.4) is 0 Å². The molecule has 0 N–H and O–H groups in total. The first-order valence-corrected chi connectivity index (χ1v) is 5.89. The van der Waals surface area contributed by atoms with E-state index < -0.39 is 0 Å². The molecule has 0 aliphatic carbocycles. The second-order valence-electron chi connectivity index (χ2n) is 3.13. The molecule has 0 fully saturated rings. The third-order valence-corrected chi connectivity index (χ3v) is 3.24. The maximum atomic E-state index is 5.79. The van der Waals surface area contributed by atoms with E-state index in [1.807, 2.05) is 25.1 Å². The first kappa shape index (κ1) is 10.6. The standard InChI is InChI=1S/C11H10ClNOS/c1-8-3-5-14-10(8)7-15-9-2-4-13-11(12)6-9/h2-6H,7H2,1H3. The Labute approximate surface area is 97.7 Å². The van der Waals surface area contributed by atoms with Gasteiger partial charge in [0.25, 0.3) is 0 Å². The predicted molar refractivity (Wildman–Crippen MR) is 62.3 cm³/mol. The van der Waals surface area contributed by atoms with Crippen LogP contribution in [0.2, 0.25) is 5.15 Å². The summed E-state index contributed by atoms with van der Waals surface area (Å²) in [5.41, 5.74) is 1.18. The molecule has 2 aromatic rings. The van der Waals surface area contributed by atoms with Crippen LogP contribution in [0.15, 0.2) is 40.0 Å². The summed E-state index contributed by atoms with van der Waals surface area (Å²) in [7, 11) is 0. The monoisotopic (exact) mass is 239 g/mol. The number of halogens is 1. The van der Waals surface area contributed by atoms with Gasteiger partial charge < -0.3 is 4.42 Å². The summed E-state index contributed by atoms with van der Waals surface area (Å²) >= 11 is 7.48. The second kappa shape index (κ2) is 4.73. The molecule has 0 amide bonds. The Bertz CT molecular complexity index is 455. The molecule has 2 nitrogen and oxygen atoms in total. The minimum atomic E-state index is 0.524. The van der Waals surface area contributed by atoms with E-state index in [1.54, 1.807) is 24.2 Å². The van der Waals surface area contributed by atoms with Gasteiger partial charge in [-0.2, -0.15) is 0 Å². The van der Waals surface area contributed by atoms with Gasteiger partial charge in [0.05, 0.1) is 12.0 Å². The lowest BCUT2D eigenvalue weighted by molar-refractivity contribution is 0.528. The Kier molecular flexibility index (Phi) is 3.34. The number of thioether (sulfide) groups is 1. The highest BCUT2D eigenvalue weighted by Crippen LogP contribution is 2.25. The summed E-state index contributed by atoms with van der Waals surface area (Å²) in [6, 6.07) is 5.76. The van der Waals surface area contributed by atoms with E-state index in [2.05, 4.69) is 4.98 Å². The number of pyridine rings is 1. The van der Waals surface area contributed by atoms with E-state index >= 15 is 0 Å². The van der Waals surface area contributed by atoms with Crippen molar-refractivity contribution in [1.29, 1.82) is 0 Å². The molecule has 2 aromatic heterocycles. The summed E-state index contributed by atoms with van der Waals surface area (Å²) in [6.07, 6.45) is 3.42. The van der Waals surface area contributed by atoms with E-state index in [9.17, 15) is 0 Å². The molecule has 4 heteroatoms. The molecule has 0 aromatic carbocycles. The Hall–Kier alpha value is -0.930. The van der Waals surface area contributed by atoms with Crippen molar-refractivity contribution in [3.63, 3.8) is 0 Å². The minimum Gasteiger partial charge on any atom is -0.468 e. The largest absolute Gasteiger partial charge is 0.468 e. The number of rotatable bonds is 3. The summed E-state index contributed by atoms with van der Waals surface area (Å²) in [6.45, 7) is 2.04. The van der Waals surface area contributed by atoms with Crippen LogP contribution in [0.25, 0.3) is 0 Å². The average molecular weight is 240 g/mol. The third-order valence-electron chi connectivity index (χ3n) is 2.04. The molecule has 0 saturated carbocycles. The van der Waals surface area contributed by atoms with Crippen molar-refractivity contribution in [2.24, 2.45) is 0 Å². The Morgan fingerprint density at radius 1 is 1.47 bits per heavy atom. The first-order valence-electron chi connectivity index (χ1n) is 4.53. The summed E-state index contributed by atoms with van der Waals surface area (Å²) in [4.78, 5) is 5.03. The Morgan fingerprint density at radius 2 is 2.33 bits per heavy atom. The van der Waals surface area contributed by atoms with Crippen molar-refractivity contribution in [1.82, 2.24) is 4.98 Å². The minimum absolute atomic E-state index is 0.524. The van der Waals surface area contributed by atoms with Gasteiger partial charge in [-0.3, -0.25) is 0 Å². The van der Waals surface area contributed by atoms with E-state index in [-0.39, 0.29) is 0 Å². The number of hydrogen-bond acceptors (Lipinski definition) is 3. The third kappa shape index (κ3) is 2.76. The number of nitrogens with zero attached hydrogens (tertiary/aromatic N) is 1. The molecule has 0 atom stereocenters. The number of hydrogen-bond donors (Lipinski definition) is 0. The SMILES string of the molecule is Cc1ccoc1CSc1ccnc(Cl)c1. The van der Waals surface area contributed by atoms with Crippen molar-refractivity contribution < 1.29 is 4.42 Å². The van der Waals surface area contributed by atoms with Gasteiger partial charge in [0.1, 0.15) is 10.9 Å². The highest BCUT2D eigenvalue weighted by molar-refractivity contribution is 7.98. The maximum Gasteiger partial charge on any atom is 0.130 e. The molecular weight excluding hydrogens is 230 g/mol. The van der Waals surface area contributed by atoms with Crippen molar-refractivity contribution in [2.75, 3.05) is 0 Å². The van der Waals surface area contributed by atoms with Crippen LogP contribution in [0, 0.1) is 6.92 Å². The fraction of sp³-hybridized carbons (Fsp3) is 0.182. The van der Waals surface area contributed by atoms with Gasteiger partial charge in [0.15, 0.2) is 0 Å². The molecular formula is C11H10ClNOS. The van der Waals surface area contributed by atoms with Crippen LogP contribution in [-0.4, -0.2) is 4.98 Å². The Balaban J connectivity index is 2.02. The zero-order valence-electron chi connectivity index (χ0n) is 8.24. The molecule has 0 aliphatic rings. The molecule has 2 rings (SSSR count). The van der Waals surface area contributed by atoms with Gasteiger partial charge >= 0.3 is 0 Å². The lowest BCUT2D eigenvalue weighted by Crippen LogP contribution is -1.81. The molecule has 0 radical (unpaired) electrons. The quantitative estimate of drug-likeness (QED) is 0.600. The van der Waals surface area contributed by atoms with Gasteiger partial charge in [0.2, 0.25) is 0 Å². The lowest BCUT2D eigenvalue weighted by atomic mass is 10.3. The second-order valence-corrected chi connectivity index (χ2v) is 4.57. The van der Waals surface area contributed by atoms with Crippen molar-refractivity contribution >= 4 is 23.4 Å². The van der Waals surface area contributed by atoms with Crippen LogP contribution in [0.1, 0.15) is 11.3 Å². The smallest absolute Gasteiger partial charge is 0.130 e. The average Bonchev–Trinajstić information content (AvgIpc) is 2.61. The van der Waals surface area contributed by atoms with Gasteiger partial charge in [-0.15, -0.1) is 11.8 Å². The van der Waals surface area contributed by atoms with E-state index in [0.29, 0.717) is 5.15 Å². The van der Waals surface area contributed by atoms with Gasteiger partial charge in [-0.05, 0) is 30.7 Å². The van der Waals surface area contributed by atoms with E-state index in [1.165, 1.54) is 5.56 Å². The molecule has 0 aliphatic heterocycles. The summed E-state index contributed by atoms with van der Waals surface area (Å²) in [5.74, 6) is 1.83. The molecule has 0 spiro atoms. The van der Waals surface area contributed by atoms with Crippen LogP contribution >= 0.6 is 23.4 Å². The lowest BCUT2D eigenvalue weighted by Gasteiger charge is -2.00. The molecule has 0 unspecified atom stereocenters. The van der Waals surface area contributed by atoms with E-state index in [0.717, 1.165) is 16.4 Å². The predicted octanol–water partition coefficient (Wildman–Crippen LogP) is 3.93. The normalized spacial score (nSPS) is 10.5. The first-order chi connectivity index (χ1) is 7.25. The number of aromatic nitrogens is 1. The van der Waals surface area contributed by atoms with Crippen molar-refractivity contribution in [2.45, 2.75) is 17.6 Å². The fourth-order valence-electron chi connectivity index (χ4n) is 1.18. The van der Waals surface area contributed by atoms with Crippen LogP contribution < -0.4 is 0 Å². The molecule has 78 valence electrons. The van der Waals surface area contributed by atoms with Crippen molar-refractivity contribution in [3.8, 4) is 0 Å². The molecule has 0 saturated heterocycles. The highest BCUT2D eigenvalue weighted by Gasteiger charge is 2.03. The zero-order chi connectivity index (χ0) is 10.7.